The minimum absolute atomic E-state index is 0.585. The van der Waals surface area contributed by atoms with Crippen LogP contribution < -0.4 is 5.32 Å². The Morgan fingerprint density at radius 3 is 2.38 bits per heavy atom. The summed E-state index contributed by atoms with van der Waals surface area (Å²) in [7, 11) is 2.09. The molecule has 0 aromatic carbocycles. The summed E-state index contributed by atoms with van der Waals surface area (Å²) < 4.78 is 2.14. The van der Waals surface area contributed by atoms with Crippen molar-refractivity contribution in [1.82, 2.24) is 14.9 Å². The molecule has 0 aliphatic heterocycles. The molecule has 0 amide bonds. The van der Waals surface area contributed by atoms with Gasteiger partial charge in [0.05, 0.1) is 0 Å². The van der Waals surface area contributed by atoms with Crippen LogP contribution in [0.3, 0.4) is 0 Å². The standard InChI is InChI=1S/C18H35N3/c1-4-6-7-8-9-10-11-12-17(19-13-5-2)16-18-20-14-15-21(18)3/h14-15,17,19H,4-13,16H2,1-3H3. The summed E-state index contributed by atoms with van der Waals surface area (Å²) >= 11 is 0. The molecule has 3 nitrogen and oxygen atoms in total. The maximum atomic E-state index is 4.46. The Morgan fingerprint density at radius 1 is 1.05 bits per heavy atom. The van der Waals surface area contributed by atoms with Crippen LogP contribution in [-0.2, 0) is 13.5 Å². The fourth-order valence-electron chi connectivity index (χ4n) is 2.79. The molecule has 122 valence electrons. The molecule has 1 unspecified atom stereocenters. The Morgan fingerprint density at radius 2 is 1.76 bits per heavy atom. The van der Waals surface area contributed by atoms with Gasteiger partial charge in [0.1, 0.15) is 5.82 Å². The molecule has 0 bridgehead atoms. The van der Waals surface area contributed by atoms with Crippen molar-refractivity contribution in [2.45, 2.75) is 84.1 Å². The van der Waals surface area contributed by atoms with Crippen LogP contribution in [0.25, 0.3) is 0 Å². The fourth-order valence-corrected chi connectivity index (χ4v) is 2.79. The van der Waals surface area contributed by atoms with E-state index in [1.165, 1.54) is 63.6 Å². The van der Waals surface area contributed by atoms with Crippen molar-refractivity contribution in [2.24, 2.45) is 7.05 Å². The van der Waals surface area contributed by atoms with Crippen molar-refractivity contribution in [1.29, 1.82) is 0 Å². The van der Waals surface area contributed by atoms with Gasteiger partial charge in [-0.1, -0.05) is 58.8 Å². The molecule has 0 spiro atoms. The molecule has 21 heavy (non-hydrogen) atoms. The highest BCUT2D eigenvalue weighted by atomic mass is 15.0. The van der Waals surface area contributed by atoms with E-state index in [1.807, 2.05) is 12.4 Å². The normalized spacial score (nSPS) is 12.7. The van der Waals surface area contributed by atoms with Gasteiger partial charge in [0, 0.05) is 31.9 Å². The number of nitrogens with one attached hydrogen (secondary N) is 1. The third-order valence-corrected chi connectivity index (χ3v) is 4.19. The van der Waals surface area contributed by atoms with Crippen LogP contribution in [-0.4, -0.2) is 22.1 Å². The number of aryl methyl sites for hydroxylation is 1. The molecular weight excluding hydrogens is 258 g/mol. The predicted molar refractivity (Wildman–Crippen MR) is 91.6 cm³/mol. The second-order valence-electron chi connectivity index (χ2n) is 6.22. The second-order valence-corrected chi connectivity index (χ2v) is 6.22. The number of aromatic nitrogens is 2. The fraction of sp³-hybridized carbons (Fsp3) is 0.833. The van der Waals surface area contributed by atoms with Gasteiger partial charge < -0.3 is 9.88 Å². The van der Waals surface area contributed by atoms with E-state index >= 15 is 0 Å². The van der Waals surface area contributed by atoms with E-state index in [1.54, 1.807) is 0 Å². The Bertz CT molecular complexity index is 346. The van der Waals surface area contributed by atoms with E-state index in [0.29, 0.717) is 6.04 Å². The minimum Gasteiger partial charge on any atom is -0.338 e. The van der Waals surface area contributed by atoms with Crippen LogP contribution in [0.4, 0.5) is 0 Å². The van der Waals surface area contributed by atoms with Crippen molar-refractivity contribution < 1.29 is 0 Å². The molecule has 0 saturated carbocycles. The highest BCUT2D eigenvalue weighted by Crippen LogP contribution is 2.12. The average molecular weight is 293 g/mol. The molecule has 1 aromatic heterocycles. The largest absolute Gasteiger partial charge is 0.338 e. The maximum absolute atomic E-state index is 4.46. The third-order valence-electron chi connectivity index (χ3n) is 4.19. The summed E-state index contributed by atoms with van der Waals surface area (Å²) in [6.07, 6.45) is 17.2. The summed E-state index contributed by atoms with van der Waals surface area (Å²) in [5.74, 6) is 1.20. The number of rotatable bonds is 13. The van der Waals surface area contributed by atoms with Gasteiger partial charge in [-0.2, -0.15) is 0 Å². The minimum atomic E-state index is 0.585. The molecule has 3 heteroatoms. The van der Waals surface area contributed by atoms with Crippen molar-refractivity contribution in [3.8, 4) is 0 Å². The van der Waals surface area contributed by atoms with Gasteiger partial charge >= 0.3 is 0 Å². The average Bonchev–Trinajstić information content (AvgIpc) is 2.88. The molecule has 1 rings (SSSR count). The number of nitrogens with zero attached hydrogens (tertiary/aromatic N) is 2. The van der Waals surface area contributed by atoms with Crippen LogP contribution in [0, 0.1) is 0 Å². The highest BCUT2D eigenvalue weighted by molar-refractivity contribution is 4.94. The van der Waals surface area contributed by atoms with Crippen LogP contribution >= 0.6 is 0 Å². The predicted octanol–water partition coefficient (Wildman–Crippen LogP) is 4.47. The molecule has 1 atom stereocenters. The van der Waals surface area contributed by atoms with Gasteiger partial charge in [-0.25, -0.2) is 4.98 Å². The molecule has 1 N–H and O–H groups in total. The van der Waals surface area contributed by atoms with Crippen LogP contribution in [0.2, 0.25) is 0 Å². The van der Waals surface area contributed by atoms with E-state index in [4.69, 9.17) is 0 Å². The summed E-state index contributed by atoms with van der Waals surface area (Å²) in [6, 6.07) is 0.585. The zero-order chi connectivity index (χ0) is 15.3. The summed E-state index contributed by atoms with van der Waals surface area (Å²) in [4.78, 5) is 4.46. The van der Waals surface area contributed by atoms with Gasteiger partial charge in [-0.05, 0) is 19.4 Å². The van der Waals surface area contributed by atoms with Gasteiger partial charge in [0.2, 0.25) is 0 Å². The zero-order valence-corrected chi connectivity index (χ0v) is 14.4. The van der Waals surface area contributed by atoms with Gasteiger partial charge in [-0.3, -0.25) is 0 Å². The van der Waals surface area contributed by atoms with Crippen LogP contribution in [0.15, 0.2) is 12.4 Å². The first-order chi connectivity index (χ1) is 10.3. The highest BCUT2D eigenvalue weighted by Gasteiger charge is 2.11. The SMILES string of the molecule is CCCCCCCCCC(Cc1nccn1C)NCCC. The number of imidazole rings is 1. The zero-order valence-electron chi connectivity index (χ0n) is 14.4. The first-order valence-electron chi connectivity index (χ1n) is 8.97. The topological polar surface area (TPSA) is 29.9 Å². The lowest BCUT2D eigenvalue weighted by Gasteiger charge is -2.18. The molecule has 0 aliphatic carbocycles. The summed E-state index contributed by atoms with van der Waals surface area (Å²) in [5.41, 5.74) is 0. The quantitative estimate of drug-likeness (QED) is 0.544. The van der Waals surface area contributed by atoms with E-state index in [2.05, 4.69) is 35.8 Å². The van der Waals surface area contributed by atoms with Crippen molar-refractivity contribution in [3.05, 3.63) is 18.2 Å². The van der Waals surface area contributed by atoms with E-state index in [0.717, 1.165) is 13.0 Å². The van der Waals surface area contributed by atoms with Gasteiger partial charge in [0.25, 0.3) is 0 Å². The van der Waals surface area contributed by atoms with E-state index in [9.17, 15) is 0 Å². The molecule has 1 aromatic rings. The molecule has 0 radical (unpaired) electrons. The maximum Gasteiger partial charge on any atom is 0.109 e. The molecule has 1 heterocycles. The first-order valence-corrected chi connectivity index (χ1v) is 8.97. The lowest BCUT2D eigenvalue weighted by atomic mass is 10.0. The lowest BCUT2D eigenvalue weighted by molar-refractivity contribution is 0.440. The first kappa shape index (κ1) is 18.2. The smallest absolute Gasteiger partial charge is 0.109 e. The van der Waals surface area contributed by atoms with E-state index in [-0.39, 0.29) is 0 Å². The van der Waals surface area contributed by atoms with Crippen LogP contribution in [0.1, 0.15) is 77.5 Å². The number of hydrogen-bond donors (Lipinski definition) is 1. The number of hydrogen-bond acceptors (Lipinski definition) is 2. The Kier molecular flexibility index (Phi) is 10.2. The van der Waals surface area contributed by atoms with Gasteiger partial charge in [-0.15, -0.1) is 0 Å². The molecular formula is C18H35N3. The molecule has 0 aliphatic rings. The molecule has 0 saturated heterocycles. The summed E-state index contributed by atoms with van der Waals surface area (Å²) in [5, 5.41) is 3.69. The van der Waals surface area contributed by atoms with Crippen LogP contribution in [0.5, 0.6) is 0 Å². The van der Waals surface area contributed by atoms with Crippen molar-refractivity contribution >= 4 is 0 Å². The Labute approximate surface area is 131 Å². The summed E-state index contributed by atoms with van der Waals surface area (Å²) in [6.45, 7) is 5.63. The Hall–Kier alpha value is -0.830. The monoisotopic (exact) mass is 293 g/mol. The lowest BCUT2D eigenvalue weighted by Crippen LogP contribution is -2.32. The second kappa shape index (κ2) is 11.8. The third kappa shape index (κ3) is 8.25. The Balaban J connectivity index is 2.22. The molecule has 0 fully saturated rings. The van der Waals surface area contributed by atoms with Crippen molar-refractivity contribution in [2.75, 3.05) is 6.54 Å². The van der Waals surface area contributed by atoms with Crippen molar-refractivity contribution in [3.63, 3.8) is 0 Å². The number of unbranched alkanes of at least 4 members (excludes halogenated alkanes) is 6. The van der Waals surface area contributed by atoms with Gasteiger partial charge in [0.15, 0.2) is 0 Å². The van der Waals surface area contributed by atoms with E-state index < -0.39 is 0 Å².